The zero-order chi connectivity index (χ0) is 9.80. The summed E-state index contributed by atoms with van der Waals surface area (Å²) >= 11 is 7.18. The Morgan fingerprint density at radius 2 is 2.36 bits per heavy atom. The number of hydrogen-bond acceptors (Lipinski definition) is 4. The second-order valence-electron chi connectivity index (χ2n) is 2.77. The van der Waals surface area contributed by atoms with Crippen LogP contribution in [0.1, 0.15) is 5.56 Å². The second kappa shape index (κ2) is 4.39. The summed E-state index contributed by atoms with van der Waals surface area (Å²) in [6.07, 6.45) is 0. The van der Waals surface area contributed by atoms with E-state index < -0.39 is 0 Å². The number of halogens is 1. The fourth-order valence-corrected chi connectivity index (χ4v) is 1.71. The number of hydrogen-bond donors (Lipinski definition) is 1. The Bertz CT molecular complexity index is 402. The van der Waals surface area contributed by atoms with Gasteiger partial charge in [-0.15, -0.1) is 5.10 Å². The van der Waals surface area contributed by atoms with Crippen LogP contribution in [0.25, 0.3) is 0 Å². The Kier molecular flexibility index (Phi) is 2.96. The van der Waals surface area contributed by atoms with E-state index in [4.69, 9.17) is 11.6 Å². The van der Waals surface area contributed by atoms with Crippen LogP contribution in [0, 0.1) is 0 Å². The summed E-state index contributed by atoms with van der Waals surface area (Å²) in [6, 6.07) is 7.72. The molecular formula is C9H8ClN3S. The van der Waals surface area contributed by atoms with E-state index in [1.165, 1.54) is 11.5 Å². The molecule has 0 amide bonds. The molecule has 1 N–H and O–H groups in total. The lowest BCUT2D eigenvalue weighted by molar-refractivity contribution is 1.07. The molecule has 0 atom stereocenters. The molecule has 1 heterocycles. The third-order valence-corrected chi connectivity index (χ3v) is 2.46. The summed E-state index contributed by atoms with van der Waals surface area (Å²) in [5.74, 6) is 0.801. The maximum absolute atomic E-state index is 5.85. The van der Waals surface area contributed by atoms with Crippen molar-refractivity contribution in [3.63, 3.8) is 0 Å². The first-order valence-electron chi connectivity index (χ1n) is 4.10. The normalized spacial score (nSPS) is 10.1. The average Bonchev–Trinajstić information content (AvgIpc) is 2.67. The predicted octanol–water partition coefficient (Wildman–Crippen LogP) is 2.80. The molecule has 0 spiro atoms. The Morgan fingerprint density at radius 1 is 1.43 bits per heavy atom. The van der Waals surface area contributed by atoms with E-state index in [0.717, 1.165) is 16.4 Å². The molecule has 1 aromatic heterocycles. The van der Waals surface area contributed by atoms with Crippen LogP contribution in [0.4, 0.5) is 5.82 Å². The summed E-state index contributed by atoms with van der Waals surface area (Å²) in [5, 5.41) is 9.64. The molecule has 0 radical (unpaired) electrons. The number of rotatable bonds is 3. The predicted molar refractivity (Wildman–Crippen MR) is 58.7 cm³/mol. The molecule has 0 aliphatic rings. The molecule has 5 heteroatoms. The highest BCUT2D eigenvalue weighted by Gasteiger charge is 1.96. The van der Waals surface area contributed by atoms with E-state index >= 15 is 0 Å². The van der Waals surface area contributed by atoms with Crippen molar-refractivity contribution in [3.8, 4) is 0 Å². The maximum atomic E-state index is 5.85. The highest BCUT2D eigenvalue weighted by molar-refractivity contribution is 7.03. The quantitative estimate of drug-likeness (QED) is 0.873. The Balaban J connectivity index is 1.98. The molecule has 2 rings (SSSR count). The molecule has 2 aromatic rings. The molecule has 0 aliphatic heterocycles. The van der Waals surface area contributed by atoms with Crippen molar-refractivity contribution in [3.05, 3.63) is 40.2 Å². The van der Waals surface area contributed by atoms with E-state index in [2.05, 4.69) is 14.9 Å². The van der Waals surface area contributed by atoms with Crippen molar-refractivity contribution in [1.82, 2.24) is 9.59 Å². The molecule has 0 bridgehead atoms. The van der Waals surface area contributed by atoms with Gasteiger partial charge in [-0.05, 0) is 29.2 Å². The van der Waals surface area contributed by atoms with Gasteiger partial charge < -0.3 is 5.32 Å². The van der Waals surface area contributed by atoms with Crippen molar-refractivity contribution in [2.24, 2.45) is 0 Å². The third-order valence-electron chi connectivity index (χ3n) is 1.72. The van der Waals surface area contributed by atoms with Gasteiger partial charge in [-0.2, -0.15) is 0 Å². The Labute approximate surface area is 90.9 Å². The minimum Gasteiger partial charge on any atom is -0.364 e. The van der Waals surface area contributed by atoms with Crippen LogP contribution < -0.4 is 5.32 Å². The van der Waals surface area contributed by atoms with Crippen LogP contribution in [0.15, 0.2) is 29.6 Å². The molecule has 0 saturated carbocycles. The van der Waals surface area contributed by atoms with Crippen LogP contribution in [-0.4, -0.2) is 9.59 Å². The van der Waals surface area contributed by atoms with E-state index in [1.54, 1.807) is 0 Å². The Morgan fingerprint density at radius 3 is 3.07 bits per heavy atom. The number of benzene rings is 1. The van der Waals surface area contributed by atoms with Crippen LogP contribution in [0.3, 0.4) is 0 Å². The largest absolute Gasteiger partial charge is 0.364 e. The minimum atomic E-state index is 0.714. The van der Waals surface area contributed by atoms with Crippen LogP contribution in [0.5, 0.6) is 0 Å². The summed E-state index contributed by atoms with van der Waals surface area (Å²) in [7, 11) is 0. The van der Waals surface area contributed by atoms with Gasteiger partial charge in [0, 0.05) is 11.6 Å². The van der Waals surface area contributed by atoms with E-state index in [9.17, 15) is 0 Å². The highest BCUT2D eigenvalue weighted by atomic mass is 35.5. The van der Waals surface area contributed by atoms with Gasteiger partial charge in [0.25, 0.3) is 0 Å². The lowest BCUT2D eigenvalue weighted by Crippen LogP contribution is -1.99. The molecular weight excluding hydrogens is 218 g/mol. The van der Waals surface area contributed by atoms with Crippen molar-refractivity contribution in [2.75, 3.05) is 5.32 Å². The van der Waals surface area contributed by atoms with Crippen LogP contribution >= 0.6 is 23.1 Å². The monoisotopic (exact) mass is 225 g/mol. The van der Waals surface area contributed by atoms with Gasteiger partial charge in [-0.1, -0.05) is 28.2 Å². The van der Waals surface area contributed by atoms with Gasteiger partial charge in [0.15, 0.2) is 5.82 Å². The van der Waals surface area contributed by atoms with Gasteiger partial charge in [0.2, 0.25) is 0 Å². The first kappa shape index (κ1) is 9.43. The van der Waals surface area contributed by atoms with Crippen molar-refractivity contribution < 1.29 is 0 Å². The van der Waals surface area contributed by atoms with E-state index in [1.807, 2.05) is 29.6 Å². The fraction of sp³-hybridized carbons (Fsp3) is 0.111. The number of anilines is 1. The second-order valence-corrected chi connectivity index (χ2v) is 3.82. The van der Waals surface area contributed by atoms with Crippen LogP contribution in [0.2, 0.25) is 5.02 Å². The van der Waals surface area contributed by atoms with Crippen LogP contribution in [-0.2, 0) is 6.54 Å². The van der Waals surface area contributed by atoms with Crippen molar-refractivity contribution in [1.29, 1.82) is 0 Å². The SMILES string of the molecule is Clc1cccc(CNc2csnn2)c1. The summed E-state index contributed by atoms with van der Waals surface area (Å²) in [4.78, 5) is 0. The zero-order valence-corrected chi connectivity index (χ0v) is 8.85. The van der Waals surface area contributed by atoms with Gasteiger partial charge >= 0.3 is 0 Å². The molecule has 1 aromatic carbocycles. The highest BCUT2D eigenvalue weighted by Crippen LogP contribution is 2.12. The van der Waals surface area contributed by atoms with Gasteiger partial charge in [0.05, 0.1) is 5.38 Å². The molecule has 14 heavy (non-hydrogen) atoms. The molecule has 72 valence electrons. The number of nitrogens with one attached hydrogen (secondary N) is 1. The summed E-state index contributed by atoms with van der Waals surface area (Å²) in [6.45, 7) is 0.714. The topological polar surface area (TPSA) is 37.8 Å². The maximum Gasteiger partial charge on any atom is 0.161 e. The summed E-state index contributed by atoms with van der Waals surface area (Å²) in [5.41, 5.74) is 1.13. The number of aromatic nitrogens is 2. The standard InChI is InChI=1S/C9H8ClN3S/c10-8-3-1-2-7(4-8)5-11-9-6-14-13-12-9/h1-4,6,11H,5H2. The zero-order valence-electron chi connectivity index (χ0n) is 7.27. The summed E-state index contributed by atoms with van der Waals surface area (Å²) < 4.78 is 3.76. The van der Waals surface area contributed by atoms with Crippen molar-refractivity contribution in [2.45, 2.75) is 6.54 Å². The molecule has 0 unspecified atom stereocenters. The smallest absolute Gasteiger partial charge is 0.161 e. The Hall–Kier alpha value is -1.13. The van der Waals surface area contributed by atoms with Gasteiger partial charge in [-0.3, -0.25) is 0 Å². The molecule has 0 saturated heterocycles. The van der Waals surface area contributed by atoms with Gasteiger partial charge in [0.1, 0.15) is 0 Å². The van der Waals surface area contributed by atoms with Crippen molar-refractivity contribution >= 4 is 29.0 Å². The fourth-order valence-electron chi connectivity index (χ4n) is 1.08. The number of nitrogens with zero attached hydrogens (tertiary/aromatic N) is 2. The lowest BCUT2D eigenvalue weighted by Gasteiger charge is -2.02. The average molecular weight is 226 g/mol. The first-order chi connectivity index (χ1) is 6.84. The minimum absolute atomic E-state index is 0.714. The first-order valence-corrected chi connectivity index (χ1v) is 5.31. The molecule has 3 nitrogen and oxygen atoms in total. The van der Waals surface area contributed by atoms with E-state index in [0.29, 0.717) is 6.54 Å². The lowest BCUT2D eigenvalue weighted by atomic mass is 10.2. The molecule has 0 fully saturated rings. The third kappa shape index (κ3) is 2.43. The van der Waals surface area contributed by atoms with Gasteiger partial charge in [-0.25, -0.2) is 0 Å². The van der Waals surface area contributed by atoms with E-state index in [-0.39, 0.29) is 0 Å². The molecule has 0 aliphatic carbocycles.